The van der Waals surface area contributed by atoms with Crippen LogP contribution in [-0.2, 0) is 9.59 Å². The maximum Gasteiger partial charge on any atom is 0.268 e. The van der Waals surface area contributed by atoms with Crippen LogP contribution in [0.5, 0.6) is 5.75 Å². The van der Waals surface area contributed by atoms with E-state index in [-0.39, 0.29) is 23.9 Å². The van der Waals surface area contributed by atoms with Crippen LogP contribution in [-0.4, -0.2) is 59.7 Å². The Morgan fingerprint density at radius 3 is 2.71 bits per heavy atom. The third-order valence-electron chi connectivity index (χ3n) is 5.96. The van der Waals surface area contributed by atoms with Crippen molar-refractivity contribution in [2.24, 2.45) is 11.8 Å². The van der Waals surface area contributed by atoms with Crippen molar-refractivity contribution < 1.29 is 24.2 Å². The standard InChI is InChI=1S/C24H31N5O5/c1-13(2)9-18(23(32)28-17(20(30)12-25)10-14-7-8-26-22(14)31)29-24(33)19-11-15-16(27-19)5-4-6-21(15)34-3/h4-6,11,13-14,17-18,20,27,30H,7-10H2,1-3H3,(H,26,31)(H,28,32)(H,29,33)/t14-,17-,18-,20+/m0/s1. The highest BCUT2D eigenvalue weighted by Gasteiger charge is 2.33. The summed E-state index contributed by atoms with van der Waals surface area (Å²) in [5.41, 5.74) is 0.999. The number of carbonyl (C=O) groups is 3. The molecule has 0 saturated carbocycles. The van der Waals surface area contributed by atoms with Crippen LogP contribution in [0.25, 0.3) is 10.9 Å². The summed E-state index contributed by atoms with van der Waals surface area (Å²) in [4.78, 5) is 41.1. The first-order valence-electron chi connectivity index (χ1n) is 11.4. The number of amides is 3. The summed E-state index contributed by atoms with van der Waals surface area (Å²) in [6.45, 7) is 4.36. The highest BCUT2D eigenvalue weighted by Crippen LogP contribution is 2.26. The fourth-order valence-corrected chi connectivity index (χ4v) is 4.18. The molecule has 2 heterocycles. The highest BCUT2D eigenvalue weighted by molar-refractivity contribution is 6.01. The largest absolute Gasteiger partial charge is 0.496 e. The molecule has 34 heavy (non-hydrogen) atoms. The van der Waals surface area contributed by atoms with Gasteiger partial charge in [-0.25, -0.2) is 0 Å². The molecule has 10 nitrogen and oxygen atoms in total. The smallest absolute Gasteiger partial charge is 0.268 e. The minimum atomic E-state index is -1.48. The lowest BCUT2D eigenvalue weighted by Gasteiger charge is -2.26. The molecule has 1 fully saturated rings. The van der Waals surface area contributed by atoms with Gasteiger partial charge in [0.2, 0.25) is 11.8 Å². The molecular weight excluding hydrogens is 438 g/mol. The van der Waals surface area contributed by atoms with Gasteiger partial charge in [0, 0.05) is 23.4 Å². The molecule has 10 heteroatoms. The number of fused-ring (bicyclic) bond motifs is 1. The van der Waals surface area contributed by atoms with Gasteiger partial charge in [-0.15, -0.1) is 0 Å². The minimum absolute atomic E-state index is 0.0822. The van der Waals surface area contributed by atoms with Gasteiger partial charge in [-0.3, -0.25) is 14.4 Å². The van der Waals surface area contributed by atoms with Crippen LogP contribution in [0, 0.1) is 23.2 Å². The van der Waals surface area contributed by atoms with Gasteiger partial charge in [0.1, 0.15) is 17.5 Å². The first-order chi connectivity index (χ1) is 16.2. The van der Waals surface area contributed by atoms with Crippen LogP contribution >= 0.6 is 0 Å². The number of nitrogens with zero attached hydrogens (tertiary/aromatic N) is 1. The molecule has 3 rings (SSSR count). The van der Waals surface area contributed by atoms with E-state index in [1.165, 1.54) is 0 Å². The number of benzene rings is 1. The van der Waals surface area contributed by atoms with Gasteiger partial charge < -0.3 is 30.8 Å². The Hall–Kier alpha value is -3.58. The van der Waals surface area contributed by atoms with Crippen molar-refractivity contribution in [1.29, 1.82) is 5.26 Å². The number of aliphatic hydroxyl groups is 1. The molecule has 1 saturated heterocycles. The zero-order valence-corrected chi connectivity index (χ0v) is 19.6. The molecule has 0 radical (unpaired) electrons. The number of H-pyrrole nitrogens is 1. The Labute approximate surface area is 198 Å². The number of hydrogen-bond donors (Lipinski definition) is 5. The van der Waals surface area contributed by atoms with Crippen molar-refractivity contribution in [1.82, 2.24) is 20.9 Å². The molecule has 1 aromatic carbocycles. The summed E-state index contributed by atoms with van der Waals surface area (Å²) in [5.74, 6) is -0.842. The molecule has 2 aromatic rings. The van der Waals surface area contributed by atoms with Gasteiger partial charge in [-0.1, -0.05) is 19.9 Å². The molecule has 1 aliphatic heterocycles. The summed E-state index contributed by atoms with van der Waals surface area (Å²) < 4.78 is 5.34. The lowest BCUT2D eigenvalue weighted by Crippen LogP contribution is -2.53. The van der Waals surface area contributed by atoms with Crippen LogP contribution in [0.3, 0.4) is 0 Å². The second-order valence-corrected chi connectivity index (χ2v) is 8.96. The van der Waals surface area contributed by atoms with E-state index >= 15 is 0 Å². The Morgan fingerprint density at radius 2 is 2.09 bits per heavy atom. The van der Waals surface area contributed by atoms with E-state index in [9.17, 15) is 24.8 Å². The average molecular weight is 470 g/mol. The third kappa shape index (κ3) is 5.85. The predicted octanol–water partition coefficient (Wildman–Crippen LogP) is 1.22. The van der Waals surface area contributed by atoms with Crippen molar-refractivity contribution in [2.45, 2.75) is 51.3 Å². The summed E-state index contributed by atoms with van der Waals surface area (Å²) in [7, 11) is 1.55. The normalized spacial score (nSPS) is 18.1. The van der Waals surface area contributed by atoms with E-state index in [0.29, 0.717) is 25.1 Å². The molecule has 0 aliphatic carbocycles. The van der Waals surface area contributed by atoms with Crippen molar-refractivity contribution in [2.75, 3.05) is 13.7 Å². The van der Waals surface area contributed by atoms with Gasteiger partial charge >= 0.3 is 0 Å². The second-order valence-electron chi connectivity index (χ2n) is 8.96. The van der Waals surface area contributed by atoms with E-state index < -0.39 is 35.9 Å². The number of aromatic amines is 1. The maximum atomic E-state index is 13.1. The number of rotatable bonds is 10. The van der Waals surface area contributed by atoms with Crippen molar-refractivity contribution in [3.05, 3.63) is 30.0 Å². The van der Waals surface area contributed by atoms with Gasteiger partial charge in [0.05, 0.1) is 19.2 Å². The summed E-state index contributed by atoms with van der Waals surface area (Å²) in [5, 5.41) is 28.3. The monoisotopic (exact) mass is 469 g/mol. The van der Waals surface area contributed by atoms with Crippen molar-refractivity contribution >= 4 is 28.6 Å². The van der Waals surface area contributed by atoms with Crippen LogP contribution in [0.2, 0.25) is 0 Å². The molecule has 0 unspecified atom stereocenters. The number of methoxy groups -OCH3 is 1. The Morgan fingerprint density at radius 1 is 1.32 bits per heavy atom. The molecule has 3 amide bonds. The summed E-state index contributed by atoms with van der Waals surface area (Å²) in [6, 6.07) is 6.98. The lowest BCUT2D eigenvalue weighted by atomic mass is 9.94. The first kappa shape index (κ1) is 25.1. The number of nitriles is 1. The molecule has 182 valence electrons. The van der Waals surface area contributed by atoms with Crippen LogP contribution < -0.4 is 20.7 Å². The Balaban J connectivity index is 1.75. The molecule has 1 aliphatic rings. The minimum Gasteiger partial charge on any atom is -0.496 e. The second kappa shape index (κ2) is 11.0. The fourth-order valence-electron chi connectivity index (χ4n) is 4.18. The molecule has 0 bridgehead atoms. The first-order valence-corrected chi connectivity index (χ1v) is 11.4. The molecule has 5 N–H and O–H groups in total. The van der Waals surface area contributed by atoms with Gasteiger partial charge in [0.15, 0.2) is 6.10 Å². The summed E-state index contributed by atoms with van der Waals surface area (Å²) in [6.07, 6.45) is -0.426. The average Bonchev–Trinajstić information content (AvgIpc) is 3.43. The Bertz CT molecular complexity index is 1090. The van der Waals surface area contributed by atoms with E-state index in [4.69, 9.17) is 4.74 Å². The van der Waals surface area contributed by atoms with Gasteiger partial charge in [-0.2, -0.15) is 5.26 Å². The van der Waals surface area contributed by atoms with Gasteiger partial charge in [0.25, 0.3) is 5.91 Å². The fraction of sp³-hybridized carbons (Fsp3) is 0.500. The van der Waals surface area contributed by atoms with E-state index in [0.717, 1.165) is 10.9 Å². The quantitative estimate of drug-likeness (QED) is 0.329. The number of aromatic nitrogens is 1. The number of ether oxygens (including phenoxy) is 1. The van der Waals surface area contributed by atoms with Crippen LogP contribution in [0.4, 0.5) is 0 Å². The zero-order valence-electron chi connectivity index (χ0n) is 19.6. The van der Waals surface area contributed by atoms with E-state index in [2.05, 4.69) is 20.9 Å². The SMILES string of the molecule is COc1cccc2[nH]c(C(=O)N[C@@H](CC(C)C)C(=O)N[C@@H](C[C@@H]3CCNC3=O)[C@H](O)C#N)cc12. The van der Waals surface area contributed by atoms with Crippen LogP contribution in [0.1, 0.15) is 43.6 Å². The van der Waals surface area contributed by atoms with Gasteiger partial charge in [-0.05, 0) is 43.4 Å². The topological polar surface area (TPSA) is 156 Å². The number of aliphatic hydroxyl groups excluding tert-OH is 1. The predicted molar refractivity (Wildman–Crippen MR) is 125 cm³/mol. The third-order valence-corrected chi connectivity index (χ3v) is 5.96. The van der Waals surface area contributed by atoms with Crippen molar-refractivity contribution in [3.63, 3.8) is 0 Å². The van der Waals surface area contributed by atoms with Crippen molar-refractivity contribution in [3.8, 4) is 11.8 Å². The van der Waals surface area contributed by atoms with Crippen LogP contribution in [0.15, 0.2) is 24.3 Å². The number of hydrogen-bond acceptors (Lipinski definition) is 6. The molecule has 4 atom stereocenters. The summed E-state index contributed by atoms with van der Waals surface area (Å²) >= 11 is 0. The molecular formula is C24H31N5O5. The molecule has 1 aromatic heterocycles. The zero-order chi connectivity index (χ0) is 24.8. The van der Waals surface area contributed by atoms with E-state index in [1.807, 2.05) is 19.9 Å². The number of nitrogens with one attached hydrogen (secondary N) is 4. The van der Waals surface area contributed by atoms with E-state index in [1.54, 1.807) is 31.4 Å². The highest BCUT2D eigenvalue weighted by atomic mass is 16.5. The molecule has 0 spiro atoms. The Kier molecular flexibility index (Phi) is 8.12. The number of carbonyl (C=O) groups excluding carboxylic acids is 3. The maximum absolute atomic E-state index is 13.1. The lowest BCUT2D eigenvalue weighted by molar-refractivity contribution is -0.126.